The first-order valence-corrected chi connectivity index (χ1v) is 7.71. The van der Waals surface area contributed by atoms with E-state index in [1.807, 2.05) is 43.3 Å². The largest absolute Gasteiger partial charge is 0.383 e. The van der Waals surface area contributed by atoms with E-state index in [0.29, 0.717) is 5.82 Å². The van der Waals surface area contributed by atoms with Crippen molar-refractivity contribution in [2.75, 3.05) is 5.73 Å². The molecule has 0 amide bonds. The number of para-hydroxylation sites is 1. The van der Waals surface area contributed by atoms with Crippen molar-refractivity contribution in [3.8, 4) is 5.69 Å². The number of nitrogen functional groups attached to an aromatic ring is 1. The molecule has 3 aromatic rings. The third-order valence-electron chi connectivity index (χ3n) is 3.29. The van der Waals surface area contributed by atoms with E-state index in [2.05, 4.69) is 5.10 Å². The molecule has 0 unspecified atom stereocenters. The smallest absolute Gasteiger partial charge is 0.270 e. The number of nitro benzene ring substituents is 1. The summed E-state index contributed by atoms with van der Waals surface area (Å²) in [5.74, 6) is 0.519. The molecular formula is C16H15ClN4O2S. The summed E-state index contributed by atoms with van der Waals surface area (Å²) < 4.78 is 1.68. The molecule has 124 valence electrons. The summed E-state index contributed by atoms with van der Waals surface area (Å²) in [6.45, 7) is 1.87. The van der Waals surface area contributed by atoms with Gasteiger partial charge in [0.1, 0.15) is 5.82 Å². The molecule has 8 heteroatoms. The van der Waals surface area contributed by atoms with Gasteiger partial charge in [0, 0.05) is 17.0 Å². The second-order valence-corrected chi connectivity index (χ2v) is 5.99. The lowest BCUT2D eigenvalue weighted by molar-refractivity contribution is -0.385. The van der Waals surface area contributed by atoms with Gasteiger partial charge in [-0.3, -0.25) is 10.1 Å². The maximum absolute atomic E-state index is 10.9. The van der Waals surface area contributed by atoms with Gasteiger partial charge in [-0.05, 0) is 25.1 Å². The van der Waals surface area contributed by atoms with E-state index in [1.165, 1.54) is 23.9 Å². The number of halogens is 1. The number of benzene rings is 2. The number of hydrogen-bond donors (Lipinski definition) is 1. The van der Waals surface area contributed by atoms with Gasteiger partial charge >= 0.3 is 0 Å². The second-order valence-electron chi connectivity index (χ2n) is 4.90. The molecule has 3 rings (SSSR count). The van der Waals surface area contributed by atoms with Crippen molar-refractivity contribution in [1.29, 1.82) is 0 Å². The topological polar surface area (TPSA) is 87.0 Å². The van der Waals surface area contributed by atoms with Crippen molar-refractivity contribution < 1.29 is 4.92 Å². The third kappa shape index (κ3) is 3.52. The summed E-state index contributed by atoms with van der Waals surface area (Å²) in [6.07, 6.45) is 0. The SMILES string of the molecule is Cc1nn(-c2ccccc2)c(N)c1Sc1cccc([N+](=O)[O-])c1.Cl. The molecule has 0 bridgehead atoms. The van der Waals surface area contributed by atoms with Crippen molar-refractivity contribution in [2.24, 2.45) is 0 Å². The molecule has 0 radical (unpaired) electrons. The fraction of sp³-hybridized carbons (Fsp3) is 0.0625. The normalized spacial score (nSPS) is 10.2. The fourth-order valence-corrected chi connectivity index (χ4v) is 3.14. The van der Waals surface area contributed by atoms with Crippen LogP contribution in [0.25, 0.3) is 5.69 Å². The average Bonchev–Trinajstić information content (AvgIpc) is 2.84. The summed E-state index contributed by atoms with van der Waals surface area (Å²) in [5.41, 5.74) is 7.94. The first-order chi connectivity index (χ1) is 11.1. The second kappa shape index (κ2) is 7.37. The number of aromatic nitrogens is 2. The Hall–Kier alpha value is -2.51. The molecule has 0 saturated carbocycles. The zero-order chi connectivity index (χ0) is 16.4. The predicted molar refractivity (Wildman–Crippen MR) is 97.2 cm³/mol. The lowest BCUT2D eigenvalue weighted by Crippen LogP contribution is -2.01. The monoisotopic (exact) mass is 362 g/mol. The van der Waals surface area contributed by atoms with Gasteiger partial charge in [-0.15, -0.1) is 12.4 Å². The summed E-state index contributed by atoms with van der Waals surface area (Å²) in [4.78, 5) is 12.0. The van der Waals surface area contributed by atoms with E-state index in [-0.39, 0.29) is 18.1 Å². The van der Waals surface area contributed by atoms with E-state index >= 15 is 0 Å². The Labute approximate surface area is 149 Å². The van der Waals surface area contributed by atoms with Crippen molar-refractivity contribution in [2.45, 2.75) is 16.7 Å². The maximum Gasteiger partial charge on any atom is 0.270 e. The highest BCUT2D eigenvalue weighted by Gasteiger charge is 2.16. The summed E-state index contributed by atoms with van der Waals surface area (Å²) in [7, 11) is 0. The molecule has 0 aliphatic carbocycles. The van der Waals surface area contributed by atoms with Gasteiger partial charge in [0.2, 0.25) is 0 Å². The van der Waals surface area contributed by atoms with Crippen molar-refractivity contribution in [3.05, 3.63) is 70.4 Å². The van der Waals surface area contributed by atoms with Crippen LogP contribution in [0.2, 0.25) is 0 Å². The quantitative estimate of drug-likeness (QED) is 0.554. The predicted octanol–water partition coefficient (Wildman–Crippen LogP) is 4.24. The molecule has 0 aliphatic rings. The van der Waals surface area contributed by atoms with Crippen molar-refractivity contribution in [3.63, 3.8) is 0 Å². The number of nitrogens with zero attached hydrogens (tertiary/aromatic N) is 3. The Morgan fingerprint density at radius 3 is 2.54 bits per heavy atom. The van der Waals surface area contributed by atoms with E-state index in [4.69, 9.17) is 5.73 Å². The highest BCUT2D eigenvalue weighted by atomic mass is 35.5. The Morgan fingerprint density at radius 2 is 1.88 bits per heavy atom. The highest BCUT2D eigenvalue weighted by Crippen LogP contribution is 2.36. The highest BCUT2D eigenvalue weighted by molar-refractivity contribution is 7.99. The van der Waals surface area contributed by atoms with Gasteiger partial charge in [-0.1, -0.05) is 36.0 Å². The first kappa shape index (κ1) is 17.8. The Balaban J connectivity index is 0.00000208. The van der Waals surface area contributed by atoms with Crippen LogP contribution in [0.3, 0.4) is 0 Å². The lowest BCUT2D eigenvalue weighted by atomic mass is 10.3. The van der Waals surface area contributed by atoms with Crippen molar-refractivity contribution >= 4 is 35.7 Å². The van der Waals surface area contributed by atoms with E-state index < -0.39 is 4.92 Å². The minimum atomic E-state index is -0.409. The molecule has 6 nitrogen and oxygen atoms in total. The minimum absolute atomic E-state index is 0. The molecule has 1 aromatic heterocycles. The van der Waals surface area contributed by atoms with Gasteiger partial charge in [-0.2, -0.15) is 5.10 Å². The van der Waals surface area contributed by atoms with E-state index in [1.54, 1.807) is 10.7 Å². The number of non-ortho nitro benzene ring substituents is 1. The summed E-state index contributed by atoms with van der Waals surface area (Å²) >= 11 is 1.38. The number of rotatable bonds is 4. The van der Waals surface area contributed by atoms with Gasteiger partial charge in [0.15, 0.2) is 0 Å². The lowest BCUT2D eigenvalue weighted by Gasteiger charge is -2.05. The standard InChI is InChI=1S/C16H14N4O2S.ClH/c1-11-15(23-14-9-5-8-13(10-14)20(21)22)16(17)19(18-11)12-6-3-2-4-7-12;/h2-10H,17H2,1H3;1H. The van der Waals surface area contributed by atoms with E-state index in [0.717, 1.165) is 21.2 Å². The molecule has 0 atom stereocenters. The van der Waals surface area contributed by atoms with Crippen LogP contribution in [0.4, 0.5) is 11.5 Å². The Bertz CT molecular complexity index is 868. The molecule has 2 N–H and O–H groups in total. The molecule has 2 aromatic carbocycles. The number of nitro groups is 1. The number of aryl methyl sites for hydroxylation is 1. The van der Waals surface area contributed by atoms with Gasteiger partial charge in [-0.25, -0.2) is 4.68 Å². The number of anilines is 1. The van der Waals surface area contributed by atoms with Gasteiger partial charge < -0.3 is 5.73 Å². The number of hydrogen-bond acceptors (Lipinski definition) is 5. The Morgan fingerprint density at radius 1 is 1.17 bits per heavy atom. The molecule has 24 heavy (non-hydrogen) atoms. The van der Waals surface area contributed by atoms with Gasteiger partial charge in [0.25, 0.3) is 5.69 Å². The van der Waals surface area contributed by atoms with Crippen LogP contribution in [0, 0.1) is 17.0 Å². The average molecular weight is 363 g/mol. The van der Waals surface area contributed by atoms with Crippen LogP contribution in [-0.2, 0) is 0 Å². The first-order valence-electron chi connectivity index (χ1n) is 6.89. The fourth-order valence-electron chi connectivity index (χ4n) is 2.20. The van der Waals surface area contributed by atoms with Crippen LogP contribution in [-0.4, -0.2) is 14.7 Å². The van der Waals surface area contributed by atoms with Crippen molar-refractivity contribution in [1.82, 2.24) is 9.78 Å². The molecule has 0 spiro atoms. The zero-order valence-electron chi connectivity index (χ0n) is 12.7. The molecular weight excluding hydrogens is 348 g/mol. The zero-order valence-corrected chi connectivity index (χ0v) is 14.4. The minimum Gasteiger partial charge on any atom is -0.383 e. The summed E-state index contributed by atoms with van der Waals surface area (Å²) in [5, 5.41) is 15.4. The third-order valence-corrected chi connectivity index (χ3v) is 4.49. The molecule has 0 saturated heterocycles. The molecule has 0 aliphatic heterocycles. The molecule has 1 heterocycles. The maximum atomic E-state index is 10.9. The van der Waals surface area contributed by atoms with Crippen LogP contribution in [0.15, 0.2) is 64.4 Å². The van der Waals surface area contributed by atoms with Gasteiger partial charge in [0.05, 0.1) is 21.2 Å². The van der Waals surface area contributed by atoms with Crippen LogP contribution in [0.5, 0.6) is 0 Å². The van der Waals surface area contributed by atoms with E-state index in [9.17, 15) is 10.1 Å². The van der Waals surface area contributed by atoms with Crippen LogP contribution < -0.4 is 5.73 Å². The van der Waals surface area contributed by atoms with Crippen LogP contribution >= 0.6 is 24.2 Å². The summed E-state index contributed by atoms with van der Waals surface area (Å²) in [6, 6.07) is 16.1. The number of nitrogens with two attached hydrogens (primary N) is 1. The molecule has 0 fully saturated rings. The Kier molecular flexibility index (Phi) is 5.48. The van der Waals surface area contributed by atoms with Crippen LogP contribution in [0.1, 0.15) is 5.69 Å².